The maximum absolute atomic E-state index is 15.2. The van der Waals surface area contributed by atoms with E-state index in [1.54, 1.807) is 0 Å². The van der Waals surface area contributed by atoms with Crippen LogP contribution in [0.4, 0.5) is 19.3 Å². The number of alkyl halides is 1. The van der Waals surface area contributed by atoms with Crippen LogP contribution in [0.2, 0.25) is 0 Å². The first-order valence-corrected chi connectivity index (χ1v) is 10.4. The molecule has 0 aliphatic carbocycles. The van der Waals surface area contributed by atoms with Crippen LogP contribution in [0.3, 0.4) is 0 Å². The van der Waals surface area contributed by atoms with E-state index in [-0.39, 0.29) is 12.2 Å². The number of amides is 2. The standard InChI is InChI=1S/C23H26F2N4O3/c1-13-9-17-18(25)10-19(31-3)22(32-4)20(17)21(27-29(13)23(30)26-2)14-5-7-16(8-6-14)28-11-15(24)12-28/h5-8,10,13,15H,9,11-12H2,1-4H3,(H,26,30). The number of ether oxygens (including phenoxy) is 2. The van der Waals surface area contributed by atoms with Gasteiger partial charge in [-0.25, -0.2) is 18.6 Å². The molecule has 7 nitrogen and oxygen atoms in total. The molecule has 0 radical (unpaired) electrons. The maximum Gasteiger partial charge on any atom is 0.337 e. The highest BCUT2D eigenvalue weighted by Crippen LogP contribution is 2.39. The van der Waals surface area contributed by atoms with Crippen LogP contribution in [0.5, 0.6) is 11.5 Å². The molecule has 2 aliphatic rings. The van der Waals surface area contributed by atoms with Gasteiger partial charge in [-0.3, -0.25) is 0 Å². The van der Waals surface area contributed by atoms with Gasteiger partial charge in [0.15, 0.2) is 11.5 Å². The van der Waals surface area contributed by atoms with Crippen LogP contribution < -0.4 is 19.7 Å². The van der Waals surface area contributed by atoms with Crippen molar-refractivity contribution in [2.45, 2.75) is 25.6 Å². The van der Waals surface area contributed by atoms with Gasteiger partial charge in [0.05, 0.1) is 38.9 Å². The first kappa shape index (κ1) is 21.9. The molecule has 2 aromatic rings. The van der Waals surface area contributed by atoms with E-state index in [0.717, 1.165) is 5.69 Å². The first-order chi connectivity index (χ1) is 15.4. The Morgan fingerprint density at radius 2 is 1.88 bits per heavy atom. The summed E-state index contributed by atoms with van der Waals surface area (Å²) in [5.41, 5.74) is 2.79. The van der Waals surface area contributed by atoms with E-state index >= 15 is 4.39 Å². The lowest BCUT2D eigenvalue weighted by atomic mass is 9.92. The fourth-order valence-corrected chi connectivity index (χ4v) is 4.12. The number of urea groups is 1. The molecule has 2 aliphatic heterocycles. The normalized spacial score (nSPS) is 18.3. The maximum atomic E-state index is 15.2. The number of rotatable bonds is 4. The van der Waals surface area contributed by atoms with E-state index in [0.29, 0.717) is 41.2 Å². The van der Waals surface area contributed by atoms with Crippen molar-refractivity contribution in [2.75, 3.05) is 39.3 Å². The molecule has 2 aromatic carbocycles. The number of methoxy groups -OCH3 is 2. The van der Waals surface area contributed by atoms with Crippen LogP contribution >= 0.6 is 0 Å². The molecule has 2 amide bonds. The predicted molar refractivity (Wildman–Crippen MR) is 118 cm³/mol. The SMILES string of the molecule is CNC(=O)N1N=C(c2ccc(N3CC(F)C3)cc2)c2c(c(F)cc(OC)c2OC)CC1C. The minimum absolute atomic E-state index is 0.240. The number of carbonyl (C=O) groups excluding carboxylic acids is 1. The molecular formula is C23H26F2N4O3. The number of hydrazone groups is 1. The monoisotopic (exact) mass is 444 g/mol. The van der Waals surface area contributed by atoms with Gasteiger partial charge in [-0.15, -0.1) is 0 Å². The number of hydrogen-bond acceptors (Lipinski definition) is 5. The summed E-state index contributed by atoms with van der Waals surface area (Å²) in [5.74, 6) is 0.131. The van der Waals surface area contributed by atoms with Crippen molar-refractivity contribution in [2.24, 2.45) is 5.10 Å². The number of benzene rings is 2. The lowest BCUT2D eigenvalue weighted by Crippen LogP contribution is -2.48. The van der Waals surface area contributed by atoms with Gasteiger partial charge in [0.25, 0.3) is 0 Å². The Morgan fingerprint density at radius 1 is 1.19 bits per heavy atom. The quantitative estimate of drug-likeness (QED) is 0.786. The molecule has 0 saturated carbocycles. The molecule has 1 saturated heterocycles. The Morgan fingerprint density at radius 3 is 2.44 bits per heavy atom. The third-order valence-corrected chi connectivity index (χ3v) is 5.85. The number of carbonyl (C=O) groups is 1. The fourth-order valence-electron chi connectivity index (χ4n) is 4.12. The Labute approximate surface area is 185 Å². The summed E-state index contributed by atoms with van der Waals surface area (Å²) < 4.78 is 39.4. The summed E-state index contributed by atoms with van der Waals surface area (Å²) >= 11 is 0. The second kappa shape index (κ2) is 8.64. The lowest BCUT2D eigenvalue weighted by molar-refractivity contribution is 0.184. The third kappa shape index (κ3) is 3.72. The average molecular weight is 444 g/mol. The van der Waals surface area contributed by atoms with E-state index < -0.39 is 24.1 Å². The molecule has 0 bridgehead atoms. The van der Waals surface area contributed by atoms with Gasteiger partial charge in [0, 0.05) is 29.9 Å². The van der Waals surface area contributed by atoms with E-state index in [4.69, 9.17) is 9.47 Å². The third-order valence-electron chi connectivity index (χ3n) is 5.85. The van der Waals surface area contributed by atoms with Crippen LogP contribution in [-0.2, 0) is 6.42 Å². The smallest absolute Gasteiger partial charge is 0.337 e. The van der Waals surface area contributed by atoms with Crippen LogP contribution in [-0.4, -0.2) is 63.3 Å². The first-order valence-electron chi connectivity index (χ1n) is 10.4. The molecule has 2 heterocycles. The number of anilines is 1. The van der Waals surface area contributed by atoms with Gasteiger partial charge in [-0.05, 0) is 25.5 Å². The molecule has 1 fully saturated rings. The Balaban J connectivity index is 1.89. The summed E-state index contributed by atoms with van der Waals surface area (Å²) in [5, 5.41) is 8.55. The molecular weight excluding hydrogens is 418 g/mol. The lowest BCUT2D eigenvalue weighted by Gasteiger charge is -2.36. The molecule has 0 spiro atoms. The molecule has 4 rings (SSSR count). The highest BCUT2D eigenvalue weighted by molar-refractivity contribution is 6.16. The largest absolute Gasteiger partial charge is 0.493 e. The Hall–Kier alpha value is -3.36. The van der Waals surface area contributed by atoms with Crippen molar-refractivity contribution < 1.29 is 23.0 Å². The minimum atomic E-state index is -0.810. The van der Waals surface area contributed by atoms with Gasteiger partial charge in [-0.1, -0.05) is 12.1 Å². The molecule has 32 heavy (non-hydrogen) atoms. The number of fused-ring (bicyclic) bond motifs is 1. The Bertz CT molecular complexity index is 1050. The van der Waals surface area contributed by atoms with Crippen molar-refractivity contribution >= 4 is 17.4 Å². The van der Waals surface area contributed by atoms with Crippen LogP contribution in [0.15, 0.2) is 35.4 Å². The van der Waals surface area contributed by atoms with Crippen LogP contribution in [0, 0.1) is 5.82 Å². The van der Waals surface area contributed by atoms with E-state index in [9.17, 15) is 9.18 Å². The van der Waals surface area contributed by atoms with E-state index in [2.05, 4.69) is 10.4 Å². The number of halogens is 2. The fraction of sp³-hybridized carbons (Fsp3) is 0.391. The molecule has 0 aromatic heterocycles. The van der Waals surface area contributed by atoms with Crippen LogP contribution in [0.1, 0.15) is 23.6 Å². The van der Waals surface area contributed by atoms with E-state index in [1.165, 1.54) is 32.3 Å². The summed E-state index contributed by atoms with van der Waals surface area (Å²) in [6.45, 7) is 2.53. The highest BCUT2D eigenvalue weighted by atomic mass is 19.1. The second-order valence-corrected chi connectivity index (χ2v) is 7.90. The molecule has 1 N–H and O–H groups in total. The molecule has 1 atom stereocenters. The zero-order valence-corrected chi connectivity index (χ0v) is 18.5. The summed E-state index contributed by atoms with van der Waals surface area (Å²) in [7, 11) is 4.45. The topological polar surface area (TPSA) is 66.4 Å². The summed E-state index contributed by atoms with van der Waals surface area (Å²) in [6, 6.07) is 7.88. The van der Waals surface area contributed by atoms with Gasteiger partial charge in [0.1, 0.15) is 17.7 Å². The van der Waals surface area contributed by atoms with Gasteiger partial charge >= 0.3 is 6.03 Å². The van der Waals surface area contributed by atoms with Gasteiger partial charge in [-0.2, -0.15) is 5.10 Å². The zero-order valence-electron chi connectivity index (χ0n) is 18.5. The highest BCUT2D eigenvalue weighted by Gasteiger charge is 2.33. The zero-order chi connectivity index (χ0) is 23.0. The number of nitrogens with zero attached hydrogens (tertiary/aromatic N) is 3. The second-order valence-electron chi connectivity index (χ2n) is 7.90. The predicted octanol–water partition coefficient (Wildman–Crippen LogP) is 3.34. The molecule has 170 valence electrons. The summed E-state index contributed by atoms with van der Waals surface area (Å²) in [6.07, 6.45) is -0.568. The van der Waals surface area contributed by atoms with Crippen molar-refractivity contribution in [1.29, 1.82) is 0 Å². The average Bonchev–Trinajstić information content (AvgIpc) is 2.93. The molecule has 9 heteroatoms. The van der Waals surface area contributed by atoms with Gasteiger partial charge in [0.2, 0.25) is 0 Å². The van der Waals surface area contributed by atoms with Crippen molar-refractivity contribution in [3.63, 3.8) is 0 Å². The molecule has 1 unspecified atom stereocenters. The number of hydrogen-bond donors (Lipinski definition) is 1. The van der Waals surface area contributed by atoms with Gasteiger partial charge < -0.3 is 19.7 Å². The minimum Gasteiger partial charge on any atom is -0.493 e. The number of nitrogens with one attached hydrogen (secondary N) is 1. The van der Waals surface area contributed by atoms with Crippen molar-refractivity contribution in [3.05, 3.63) is 52.8 Å². The summed E-state index contributed by atoms with van der Waals surface area (Å²) in [4.78, 5) is 14.5. The van der Waals surface area contributed by atoms with Crippen molar-refractivity contribution in [3.8, 4) is 11.5 Å². The van der Waals surface area contributed by atoms with Crippen molar-refractivity contribution in [1.82, 2.24) is 10.3 Å². The van der Waals surface area contributed by atoms with Crippen LogP contribution in [0.25, 0.3) is 0 Å². The van der Waals surface area contributed by atoms with E-state index in [1.807, 2.05) is 36.1 Å². The Kier molecular flexibility index (Phi) is 5.90.